The van der Waals surface area contributed by atoms with Crippen molar-refractivity contribution in [1.82, 2.24) is 0 Å². The van der Waals surface area contributed by atoms with E-state index in [1.165, 1.54) is 12.1 Å². The number of benzene rings is 1. The maximum Gasteiger partial charge on any atom is 0.295 e. The first-order valence-electron chi connectivity index (χ1n) is 5.18. The molecule has 0 bridgehead atoms. The average Bonchev–Trinajstić information content (AvgIpc) is 2.34. The molecular weight excluding hydrogens is 232 g/mol. The number of hydrogen-bond acceptors (Lipinski definition) is 4. The molecule has 0 saturated carbocycles. The van der Waals surface area contributed by atoms with Crippen LogP contribution in [0.4, 0.5) is 11.4 Å². The van der Waals surface area contributed by atoms with E-state index in [9.17, 15) is 10.1 Å². The van der Waals surface area contributed by atoms with Crippen molar-refractivity contribution in [3.8, 4) is 5.75 Å². The molecule has 0 atom stereocenters. The first-order valence-corrected chi connectivity index (χ1v) is 5.18. The third-order valence-electron chi connectivity index (χ3n) is 2.12. The number of nitro benzene ring substituents is 1. The third-order valence-corrected chi connectivity index (χ3v) is 2.12. The van der Waals surface area contributed by atoms with E-state index < -0.39 is 4.92 Å². The lowest BCUT2D eigenvalue weighted by molar-refractivity contribution is -0.384. The number of ether oxygens (including phenoxy) is 1. The van der Waals surface area contributed by atoms with E-state index >= 15 is 0 Å². The number of nitrogens with two attached hydrogens (primary N) is 1. The highest BCUT2D eigenvalue weighted by atomic mass is 16.6. The van der Waals surface area contributed by atoms with Gasteiger partial charge in [0.2, 0.25) is 0 Å². The van der Waals surface area contributed by atoms with Gasteiger partial charge in [0.25, 0.3) is 5.69 Å². The van der Waals surface area contributed by atoms with E-state index in [0.29, 0.717) is 5.57 Å². The predicted octanol–water partition coefficient (Wildman–Crippen LogP) is 2.85. The van der Waals surface area contributed by atoms with Crippen LogP contribution in [0.15, 0.2) is 55.2 Å². The van der Waals surface area contributed by atoms with Crippen molar-refractivity contribution in [2.75, 3.05) is 12.3 Å². The van der Waals surface area contributed by atoms with Crippen LogP contribution in [0.25, 0.3) is 0 Å². The maximum atomic E-state index is 10.7. The lowest BCUT2D eigenvalue weighted by atomic mass is 10.2. The number of anilines is 1. The molecule has 1 aromatic carbocycles. The van der Waals surface area contributed by atoms with Gasteiger partial charge in [-0.1, -0.05) is 37.5 Å². The van der Waals surface area contributed by atoms with Gasteiger partial charge in [0.05, 0.1) is 4.92 Å². The summed E-state index contributed by atoms with van der Waals surface area (Å²) >= 11 is 0. The number of rotatable bonds is 6. The fourth-order valence-corrected chi connectivity index (χ4v) is 1.24. The van der Waals surface area contributed by atoms with Crippen molar-refractivity contribution >= 4 is 11.4 Å². The molecule has 0 radical (unpaired) electrons. The number of hydrogen-bond donors (Lipinski definition) is 1. The first kappa shape index (κ1) is 13.5. The summed E-state index contributed by atoms with van der Waals surface area (Å²) in [5, 5.41) is 10.7. The minimum atomic E-state index is -0.547. The smallest absolute Gasteiger partial charge is 0.295 e. The Morgan fingerprint density at radius 2 is 2.28 bits per heavy atom. The molecule has 5 heteroatoms. The van der Waals surface area contributed by atoms with E-state index in [2.05, 4.69) is 13.2 Å². The van der Waals surface area contributed by atoms with Gasteiger partial charge < -0.3 is 10.5 Å². The molecule has 0 fully saturated rings. The molecule has 94 valence electrons. The number of allylic oxidation sites excluding steroid dienone is 2. The van der Waals surface area contributed by atoms with Crippen LogP contribution >= 0.6 is 0 Å². The van der Waals surface area contributed by atoms with Crippen molar-refractivity contribution in [3.05, 3.63) is 65.3 Å². The van der Waals surface area contributed by atoms with Gasteiger partial charge in [0, 0.05) is 6.07 Å². The van der Waals surface area contributed by atoms with Crippen LogP contribution < -0.4 is 10.5 Å². The topological polar surface area (TPSA) is 78.4 Å². The summed E-state index contributed by atoms with van der Waals surface area (Å²) < 4.78 is 5.37. The summed E-state index contributed by atoms with van der Waals surface area (Å²) in [7, 11) is 0. The van der Waals surface area contributed by atoms with Gasteiger partial charge in [-0.3, -0.25) is 10.1 Å². The molecule has 0 spiro atoms. The molecule has 0 aliphatic heterocycles. The number of nitrogen functional groups attached to an aromatic ring is 1. The third kappa shape index (κ3) is 3.48. The quantitative estimate of drug-likeness (QED) is 0.362. The average molecular weight is 246 g/mol. The Morgan fingerprint density at radius 1 is 1.56 bits per heavy atom. The van der Waals surface area contributed by atoms with Crippen LogP contribution in [0.5, 0.6) is 5.75 Å². The summed E-state index contributed by atoms with van der Waals surface area (Å²) in [4.78, 5) is 10.1. The van der Waals surface area contributed by atoms with Crippen molar-refractivity contribution in [2.45, 2.75) is 0 Å². The molecule has 0 amide bonds. The molecule has 0 heterocycles. The number of nitro groups is 1. The molecule has 2 N–H and O–H groups in total. The summed E-state index contributed by atoms with van der Waals surface area (Å²) in [6.07, 6.45) is 5.08. The fourth-order valence-electron chi connectivity index (χ4n) is 1.24. The predicted molar refractivity (Wildman–Crippen MR) is 71.5 cm³/mol. The molecule has 5 nitrogen and oxygen atoms in total. The Morgan fingerprint density at radius 3 is 2.89 bits per heavy atom. The molecule has 0 aliphatic carbocycles. The minimum Gasteiger partial charge on any atom is -0.486 e. The van der Waals surface area contributed by atoms with E-state index in [1.807, 2.05) is 0 Å². The largest absolute Gasteiger partial charge is 0.486 e. The molecule has 1 rings (SSSR count). The molecular formula is C13H14N2O3. The lowest BCUT2D eigenvalue weighted by Gasteiger charge is -2.08. The van der Waals surface area contributed by atoms with E-state index in [0.717, 1.165) is 0 Å². The van der Waals surface area contributed by atoms with Gasteiger partial charge in [-0.15, -0.1) is 0 Å². The number of nitrogens with zero attached hydrogens (tertiary/aromatic N) is 1. The minimum absolute atomic E-state index is 0.0167. The van der Waals surface area contributed by atoms with Crippen molar-refractivity contribution in [2.24, 2.45) is 0 Å². The Kier molecular flexibility index (Phi) is 4.68. The first-order chi connectivity index (χ1) is 8.56. The molecule has 0 saturated heterocycles. The maximum absolute atomic E-state index is 10.7. The van der Waals surface area contributed by atoms with Gasteiger partial charge in [-0.25, -0.2) is 0 Å². The fraction of sp³-hybridized carbons (Fsp3) is 0.0769. The highest BCUT2D eigenvalue weighted by Crippen LogP contribution is 2.30. The molecule has 0 aromatic heterocycles. The normalized spacial score (nSPS) is 10.2. The molecule has 0 unspecified atom stereocenters. The zero-order valence-corrected chi connectivity index (χ0v) is 9.83. The van der Waals surface area contributed by atoms with Gasteiger partial charge in [0.15, 0.2) is 5.69 Å². The van der Waals surface area contributed by atoms with Crippen molar-refractivity contribution < 1.29 is 9.66 Å². The second kappa shape index (κ2) is 6.24. The highest BCUT2D eigenvalue weighted by Gasteiger charge is 2.14. The Balaban J connectivity index is 2.77. The van der Waals surface area contributed by atoms with Crippen LogP contribution in [-0.2, 0) is 0 Å². The summed E-state index contributed by atoms with van der Waals surface area (Å²) in [5.41, 5.74) is 6.20. The van der Waals surface area contributed by atoms with Crippen LogP contribution in [0.2, 0.25) is 0 Å². The van der Waals surface area contributed by atoms with Crippen LogP contribution in [0.1, 0.15) is 0 Å². The molecule has 18 heavy (non-hydrogen) atoms. The van der Waals surface area contributed by atoms with Crippen LogP contribution in [-0.4, -0.2) is 11.5 Å². The molecule has 0 aliphatic rings. The Hall–Kier alpha value is -2.56. The van der Waals surface area contributed by atoms with Crippen molar-refractivity contribution in [1.29, 1.82) is 0 Å². The summed E-state index contributed by atoms with van der Waals surface area (Å²) in [6, 6.07) is 4.42. The van der Waals surface area contributed by atoms with Gasteiger partial charge in [0.1, 0.15) is 12.4 Å². The van der Waals surface area contributed by atoms with E-state index in [-0.39, 0.29) is 23.7 Å². The second-order valence-corrected chi connectivity index (χ2v) is 3.49. The lowest BCUT2D eigenvalue weighted by Crippen LogP contribution is -2.03. The van der Waals surface area contributed by atoms with Crippen LogP contribution in [0, 0.1) is 10.1 Å². The van der Waals surface area contributed by atoms with Gasteiger partial charge in [-0.05, 0) is 11.6 Å². The van der Waals surface area contributed by atoms with E-state index in [1.54, 1.807) is 24.3 Å². The zero-order chi connectivity index (χ0) is 13.5. The van der Waals surface area contributed by atoms with Crippen molar-refractivity contribution in [3.63, 3.8) is 0 Å². The van der Waals surface area contributed by atoms with Gasteiger partial charge >= 0.3 is 0 Å². The second-order valence-electron chi connectivity index (χ2n) is 3.49. The highest BCUT2D eigenvalue weighted by molar-refractivity contribution is 5.66. The number of para-hydroxylation sites is 1. The van der Waals surface area contributed by atoms with E-state index in [4.69, 9.17) is 10.5 Å². The standard InChI is InChI=1S/C13H14N2O3/c1-3-4-6-10(2)9-18-12-8-5-7-11(13(12)14)15(16)17/h3-8H,1-2,9,14H2/b6-4-. The van der Waals surface area contributed by atoms with Crippen LogP contribution in [0.3, 0.4) is 0 Å². The monoisotopic (exact) mass is 246 g/mol. The zero-order valence-electron chi connectivity index (χ0n) is 9.83. The molecule has 1 aromatic rings. The van der Waals surface area contributed by atoms with Gasteiger partial charge in [-0.2, -0.15) is 0 Å². The Bertz CT molecular complexity index is 507. The summed E-state index contributed by atoms with van der Waals surface area (Å²) in [5.74, 6) is 0.275. The SMILES string of the molecule is C=C/C=C\C(=C)COc1cccc([N+](=O)[O-])c1N. The summed E-state index contributed by atoms with van der Waals surface area (Å²) in [6.45, 7) is 7.50. The Labute approximate surface area is 105 Å².